The van der Waals surface area contributed by atoms with Crippen LogP contribution in [0.25, 0.3) is 0 Å². The molecule has 2 aromatic carbocycles. The highest BCUT2D eigenvalue weighted by atomic mass is 35.5. The van der Waals surface area contributed by atoms with Crippen molar-refractivity contribution in [1.29, 1.82) is 0 Å². The Bertz CT molecular complexity index is 1010. The van der Waals surface area contributed by atoms with E-state index < -0.39 is 5.92 Å². The number of anilines is 3. The summed E-state index contributed by atoms with van der Waals surface area (Å²) < 4.78 is 10.7. The minimum atomic E-state index is -0.542. The van der Waals surface area contributed by atoms with E-state index in [0.717, 1.165) is 0 Å². The van der Waals surface area contributed by atoms with Crippen LogP contribution in [0.2, 0.25) is 5.02 Å². The molecule has 3 amide bonds. The Balaban J connectivity index is 1.50. The van der Waals surface area contributed by atoms with E-state index in [-0.39, 0.29) is 42.3 Å². The van der Waals surface area contributed by atoms with Crippen LogP contribution in [-0.4, -0.2) is 38.0 Å². The first-order valence-electron chi connectivity index (χ1n) is 8.96. The summed E-state index contributed by atoms with van der Waals surface area (Å²) in [5, 5.41) is 5.67. The zero-order valence-corrected chi connectivity index (χ0v) is 16.3. The van der Waals surface area contributed by atoms with E-state index in [0.29, 0.717) is 28.6 Å². The number of benzene rings is 2. The van der Waals surface area contributed by atoms with Gasteiger partial charge < -0.3 is 25.0 Å². The molecule has 2 heterocycles. The van der Waals surface area contributed by atoms with Gasteiger partial charge in [0.15, 0.2) is 6.61 Å². The molecule has 2 aliphatic rings. The van der Waals surface area contributed by atoms with Crippen LogP contribution in [0.3, 0.4) is 0 Å². The molecule has 4 rings (SSSR count). The number of para-hydroxylation sites is 2. The van der Waals surface area contributed by atoms with Crippen LogP contribution in [0, 0.1) is 5.92 Å². The number of hydrogen-bond acceptors (Lipinski definition) is 5. The van der Waals surface area contributed by atoms with Crippen LogP contribution in [0.15, 0.2) is 36.4 Å². The summed E-state index contributed by atoms with van der Waals surface area (Å²) in [5.74, 6) is -0.303. The lowest BCUT2D eigenvalue weighted by Crippen LogP contribution is -2.28. The van der Waals surface area contributed by atoms with Gasteiger partial charge in [-0.05, 0) is 18.2 Å². The number of fused-ring (bicyclic) bond motifs is 1. The smallest absolute Gasteiger partial charge is 0.262 e. The number of amides is 3. The van der Waals surface area contributed by atoms with Crippen molar-refractivity contribution < 1.29 is 23.9 Å². The predicted octanol–water partition coefficient (Wildman–Crippen LogP) is 2.67. The molecule has 0 aromatic heterocycles. The van der Waals surface area contributed by atoms with Crippen molar-refractivity contribution in [1.82, 2.24) is 0 Å². The lowest BCUT2D eigenvalue weighted by molar-refractivity contribution is -0.122. The number of hydrogen-bond donors (Lipinski definition) is 2. The maximum atomic E-state index is 12.8. The van der Waals surface area contributed by atoms with Crippen molar-refractivity contribution in [2.24, 2.45) is 5.92 Å². The van der Waals surface area contributed by atoms with Crippen molar-refractivity contribution in [3.63, 3.8) is 0 Å². The molecule has 1 saturated heterocycles. The van der Waals surface area contributed by atoms with Crippen LogP contribution >= 0.6 is 11.6 Å². The van der Waals surface area contributed by atoms with Gasteiger partial charge in [-0.1, -0.05) is 23.7 Å². The average Bonchev–Trinajstić information content (AvgIpc) is 3.10. The molecule has 1 fully saturated rings. The van der Waals surface area contributed by atoms with E-state index in [1.807, 2.05) is 12.1 Å². The summed E-state index contributed by atoms with van der Waals surface area (Å²) in [6.45, 7) is 0.132. The molecule has 150 valence electrons. The fourth-order valence-corrected chi connectivity index (χ4v) is 3.61. The highest BCUT2D eigenvalue weighted by Gasteiger charge is 2.36. The number of halogens is 1. The largest absolute Gasteiger partial charge is 0.495 e. The third-order valence-corrected chi connectivity index (χ3v) is 5.14. The Hall–Kier alpha value is -3.26. The molecule has 0 radical (unpaired) electrons. The van der Waals surface area contributed by atoms with Crippen LogP contribution < -0.4 is 25.0 Å². The molecular formula is C20H18ClN3O5. The number of rotatable bonds is 4. The Labute approximate surface area is 171 Å². The average molecular weight is 416 g/mol. The third kappa shape index (κ3) is 3.71. The number of nitrogens with zero attached hydrogens (tertiary/aromatic N) is 1. The van der Waals surface area contributed by atoms with Gasteiger partial charge in [0.05, 0.1) is 35.1 Å². The first kappa shape index (κ1) is 19.1. The van der Waals surface area contributed by atoms with E-state index in [9.17, 15) is 14.4 Å². The Morgan fingerprint density at radius 3 is 2.90 bits per heavy atom. The fourth-order valence-electron chi connectivity index (χ4n) is 3.40. The number of carbonyl (C=O) groups excluding carboxylic acids is 3. The van der Waals surface area contributed by atoms with Gasteiger partial charge in [-0.3, -0.25) is 14.4 Å². The fraction of sp³-hybridized carbons (Fsp3) is 0.250. The molecule has 9 heteroatoms. The highest BCUT2D eigenvalue weighted by Crippen LogP contribution is 2.37. The minimum absolute atomic E-state index is 0.0823. The highest BCUT2D eigenvalue weighted by molar-refractivity contribution is 6.34. The molecule has 2 N–H and O–H groups in total. The second kappa shape index (κ2) is 7.63. The van der Waals surface area contributed by atoms with Gasteiger partial charge in [0.25, 0.3) is 5.91 Å². The van der Waals surface area contributed by atoms with Crippen LogP contribution in [-0.2, 0) is 14.4 Å². The number of ether oxygens (including phenoxy) is 2. The first-order chi connectivity index (χ1) is 14.0. The van der Waals surface area contributed by atoms with E-state index in [4.69, 9.17) is 21.1 Å². The van der Waals surface area contributed by atoms with E-state index in [1.54, 1.807) is 23.1 Å². The summed E-state index contributed by atoms with van der Waals surface area (Å²) >= 11 is 6.24. The van der Waals surface area contributed by atoms with Gasteiger partial charge in [-0.25, -0.2) is 0 Å². The summed E-state index contributed by atoms with van der Waals surface area (Å²) in [7, 11) is 1.53. The van der Waals surface area contributed by atoms with Gasteiger partial charge in [0, 0.05) is 19.0 Å². The maximum Gasteiger partial charge on any atom is 0.262 e. The predicted molar refractivity (Wildman–Crippen MR) is 108 cm³/mol. The maximum absolute atomic E-state index is 12.8. The van der Waals surface area contributed by atoms with Gasteiger partial charge >= 0.3 is 0 Å². The number of methoxy groups -OCH3 is 1. The third-order valence-electron chi connectivity index (χ3n) is 4.83. The molecule has 2 aliphatic heterocycles. The topological polar surface area (TPSA) is 97.0 Å². The van der Waals surface area contributed by atoms with E-state index >= 15 is 0 Å². The molecule has 1 atom stereocenters. The zero-order valence-electron chi connectivity index (χ0n) is 15.5. The van der Waals surface area contributed by atoms with Gasteiger partial charge in [-0.2, -0.15) is 0 Å². The van der Waals surface area contributed by atoms with Gasteiger partial charge in [0.2, 0.25) is 11.8 Å². The molecule has 0 aliphatic carbocycles. The monoisotopic (exact) mass is 415 g/mol. The van der Waals surface area contributed by atoms with Gasteiger partial charge in [-0.15, -0.1) is 0 Å². The lowest BCUT2D eigenvalue weighted by atomic mass is 10.1. The Morgan fingerprint density at radius 2 is 2.10 bits per heavy atom. The van der Waals surface area contributed by atoms with Crippen molar-refractivity contribution in [3.8, 4) is 11.5 Å². The van der Waals surface area contributed by atoms with Crippen LogP contribution in [0.1, 0.15) is 6.42 Å². The zero-order chi connectivity index (χ0) is 20.5. The molecule has 29 heavy (non-hydrogen) atoms. The minimum Gasteiger partial charge on any atom is -0.495 e. The summed E-state index contributed by atoms with van der Waals surface area (Å²) in [6, 6.07) is 10.2. The van der Waals surface area contributed by atoms with Crippen molar-refractivity contribution in [2.45, 2.75) is 6.42 Å². The molecule has 0 spiro atoms. The molecule has 8 nitrogen and oxygen atoms in total. The normalized spacial score (nSPS) is 18.0. The number of nitrogens with one attached hydrogen (secondary N) is 2. The van der Waals surface area contributed by atoms with Crippen molar-refractivity contribution in [3.05, 3.63) is 41.4 Å². The van der Waals surface area contributed by atoms with E-state index in [2.05, 4.69) is 10.6 Å². The van der Waals surface area contributed by atoms with Crippen molar-refractivity contribution in [2.75, 3.05) is 35.8 Å². The van der Waals surface area contributed by atoms with Crippen LogP contribution in [0.4, 0.5) is 17.1 Å². The summed E-state index contributed by atoms with van der Waals surface area (Å²) in [5.41, 5.74) is 1.43. The molecular weight excluding hydrogens is 398 g/mol. The standard InChI is InChI=1S/C20H18ClN3O5/c1-28-16-5-3-2-4-15(16)24-9-11(6-19(24)26)20(27)23-13-8-17-14(7-12(13)21)22-18(25)10-29-17/h2-5,7-8,11H,6,9-10H2,1H3,(H,22,25)(H,23,27). The second-order valence-electron chi connectivity index (χ2n) is 6.73. The van der Waals surface area contributed by atoms with Crippen molar-refractivity contribution >= 4 is 46.4 Å². The SMILES string of the molecule is COc1ccccc1N1CC(C(=O)Nc2cc3c(cc2Cl)NC(=O)CO3)CC1=O. The summed E-state index contributed by atoms with van der Waals surface area (Å²) in [4.78, 5) is 38.2. The lowest BCUT2D eigenvalue weighted by Gasteiger charge is -2.21. The first-order valence-corrected chi connectivity index (χ1v) is 9.34. The second-order valence-corrected chi connectivity index (χ2v) is 7.14. The number of carbonyl (C=O) groups is 3. The van der Waals surface area contributed by atoms with Gasteiger partial charge in [0.1, 0.15) is 11.5 Å². The molecule has 2 aromatic rings. The van der Waals surface area contributed by atoms with E-state index in [1.165, 1.54) is 13.2 Å². The summed E-state index contributed by atoms with van der Waals surface area (Å²) in [6.07, 6.45) is 0.0823. The quantitative estimate of drug-likeness (QED) is 0.800. The molecule has 1 unspecified atom stereocenters. The Morgan fingerprint density at radius 1 is 1.31 bits per heavy atom. The molecule has 0 bridgehead atoms. The van der Waals surface area contributed by atoms with Crippen LogP contribution in [0.5, 0.6) is 11.5 Å². The molecule has 0 saturated carbocycles. The Kier molecular flexibility index (Phi) is 5.02.